The number of halogens is 5. The number of nitrogens with one attached hydrogen (secondary N) is 1. The van der Waals surface area contributed by atoms with Gasteiger partial charge in [-0.25, -0.2) is 0 Å². The summed E-state index contributed by atoms with van der Waals surface area (Å²) in [6, 6.07) is 2.22. The summed E-state index contributed by atoms with van der Waals surface area (Å²) >= 11 is 11.1. The molecule has 0 heterocycles. The average molecular weight is 317 g/mol. The predicted octanol–water partition coefficient (Wildman–Crippen LogP) is 3.87. The maximum absolute atomic E-state index is 12.7. The molecule has 1 aromatic carbocycles. The van der Waals surface area contributed by atoms with Crippen LogP contribution < -0.4 is 5.32 Å². The van der Waals surface area contributed by atoms with Crippen LogP contribution in [0.4, 0.5) is 24.5 Å². The molecule has 1 rings (SSSR count). The number of benzene rings is 1. The Morgan fingerprint density at radius 2 is 1.89 bits per heavy atom. The molecule has 9 heteroatoms. The molecule has 0 unspecified atom stereocenters. The second kappa shape index (κ2) is 6.29. The number of nitro benzene ring substituents is 1. The van der Waals surface area contributed by atoms with E-state index in [1.807, 2.05) is 0 Å². The maximum atomic E-state index is 12.7. The molecule has 0 atom stereocenters. The molecule has 19 heavy (non-hydrogen) atoms. The number of nitro groups is 1. The third-order valence-electron chi connectivity index (χ3n) is 2.24. The first-order valence-electron chi connectivity index (χ1n) is 5.03. The van der Waals surface area contributed by atoms with Gasteiger partial charge in [-0.05, 0) is 12.1 Å². The molecule has 0 aliphatic carbocycles. The van der Waals surface area contributed by atoms with E-state index in [0.717, 1.165) is 6.07 Å². The molecular formula is C10H9Cl2F3N2O2. The van der Waals surface area contributed by atoms with Crippen molar-refractivity contribution in [2.75, 3.05) is 17.1 Å². The van der Waals surface area contributed by atoms with Crippen LogP contribution in [-0.2, 0) is 6.18 Å². The fourth-order valence-corrected chi connectivity index (χ4v) is 1.85. The molecule has 1 aromatic rings. The Hall–Kier alpha value is -1.21. The highest BCUT2D eigenvalue weighted by atomic mass is 35.5. The number of rotatable bonds is 5. The van der Waals surface area contributed by atoms with Crippen molar-refractivity contribution in [3.63, 3.8) is 0 Å². The Kier molecular flexibility index (Phi) is 5.25. The number of alkyl halides is 5. The molecule has 0 aliphatic rings. The fraction of sp³-hybridized carbons (Fsp3) is 0.400. The summed E-state index contributed by atoms with van der Waals surface area (Å²) in [5, 5.41) is 13.2. The zero-order chi connectivity index (χ0) is 14.6. The van der Waals surface area contributed by atoms with Gasteiger partial charge < -0.3 is 5.32 Å². The van der Waals surface area contributed by atoms with Crippen LogP contribution in [0.25, 0.3) is 0 Å². The van der Waals surface area contributed by atoms with E-state index in [1.165, 1.54) is 6.07 Å². The lowest BCUT2D eigenvalue weighted by atomic mass is 10.1. The van der Waals surface area contributed by atoms with E-state index in [1.54, 1.807) is 0 Å². The van der Waals surface area contributed by atoms with Gasteiger partial charge in [0.2, 0.25) is 0 Å². The first kappa shape index (κ1) is 15.8. The summed E-state index contributed by atoms with van der Waals surface area (Å²) in [5.74, 6) is 0.198. The van der Waals surface area contributed by atoms with Crippen LogP contribution in [0.15, 0.2) is 18.2 Å². The SMILES string of the molecule is O=[N+]([O-])c1ccc(NC(CCl)CCl)cc1C(F)(F)F. The second-order valence-corrected chi connectivity index (χ2v) is 4.25. The lowest BCUT2D eigenvalue weighted by Gasteiger charge is -2.16. The minimum absolute atomic E-state index is 0.0734. The predicted molar refractivity (Wildman–Crippen MR) is 66.9 cm³/mol. The van der Waals surface area contributed by atoms with Gasteiger partial charge >= 0.3 is 6.18 Å². The maximum Gasteiger partial charge on any atom is 0.423 e. The Balaban J connectivity index is 3.15. The van der Waals surface area contributed by atoms with Crippen molar-refractivity contribution in [3.8, 4) is 0 Å². The first-order valence-corrected chi connectivity index (χ1v) is 6.10. The summed E-state index contributed by atoms with van der Waals surface area (Å²) in [6.45, 7) is 0. The van der Waals surface area contributed by atoms with E-state index in [4.69, 9.17) is 23.2 Å². The van der Waals surface area contributed by atoms with Gasteiger partial charge in [-0.15, -0.1) is 23.2 Å². The van der Waals surface area contributed by atoms with Crippen LogP contribution in [0, 0.1) is 10.1 Å². The average Bonchev–Trinajstić information content (AvgIpc) is 2.34. The van der Waals surface area contributed by atoms with E-state index in [0.29, 0.717) is 6.07 Å². The Morgan fingerprint density at radius 1 is 1.32 bits per heavy atom. The quantitative estimate of drug-likeness (QED) is 0.509. The van der Waals surface area contributed by atoms with Crippen molar-refractivity contribution in [2.24, 2.45) is 0 Å². The molecule has 0 aliphatic heterocycles. The standard InChI is InChI=1S/C10H9Cl2F3N2O2/c11-4-7(5-12)16-6-1-2-9(17(18)19)8(3-6)10(13,14)15/h1-3,7,16H,4-5H2. The van der Waals surface area contributed by atoms with Gasteiger partial charge in [0.05, 0.1) is 11.0 Å². The van der Waals surface area contributed by atoms with Gasteiger partial charge in [0.15, 0.2) is 0 Å². The topological polar surface area (TPSA) is 55.2 Å². The summed E-state index contributed by atoms with van der Waals surface area (Å²) in [5.41, 5.74) is -2.24. The van der Waals surface area contributed by atoms with Crippen molar-refractivity contribution in [2.45, 2.75) is 12.2 Å². The number of hydrogen-bond acceptors (Lipinski definition) is 3. The number of nitrogens with zero attached hydrogens (tertiary/aromatic N) is 1. The Bertz CT molecular complexity index is 465. The molecule has 106 valence electrons. The van der Waals surface area contributed by atoms with Gasteiger partial charge in [-0.3, -0.25) is 10.1 Å². The summed E-state index contributed by atoms with van der Waals surface area (Å²) < 4.78 is 38.1. The summed E-state index contributed by atoms with van der Waals surface area (Å²) in [4.78, 5) is 9.48. The minimum Gasteiger partial charge on any atom is -0.380 e. The van der Waals surface area contributed by atoms with E-state index in [9.17, 15) is 23.3 Å². The molecule has 4 nitrogen and oxygen atoms in total. The molecule has 0 radical (unpaired) electrons. The highest BCUT2D eigenvalue weighted by Gasteiger charge is 2.38. The highest BCUT2D eigenvalue weighted by Crippen LogP contribution is 2.37. The smallest absolute Gasteiger partial charge is 0.380 e. The monoisotopic (exact) mass is 316 g/mol. The third kappa shape index (κ3) is 4.14. The summed E-state index contributed by atoms with van der Waals surface area (Å²) in [7, 11) is 0. The zero-order valence-electron chi connectivity index (χ0n) is 9.38. The molecular weight excluding hydrogens is 308 g/mol. The molecule has 0 aromatic heterocycles. The lowest BCUT2D eigenvalue weighted by Crippen LogP contribution is -2.23. The van der Waals surface area contributed by atoms with Crippen molar-refractivity contribution >= 4 is 34.6 Å². The molecule has 0 bridgehead atoms. The molecule has 0 saturated heterocycles. The van der Waals surface area contributed by atoms with E-state index >= 15 is 0 Å². The van der Waals surface area contributed by atoms with Crippen LogP contribution in [-0.4, -0.2) is 22.7 Å². The Labute approximate surface area is 116 Å². The highest BCUT2D eigenvalue weighted by molar-refractivity contribution is 6.21. The number of anilines is 1. The van der Waals surface area contributed by atoms with E-state index < -0.39 is 28.4 Å². The van der Waals surface area contributed by atoms with E-state index in [2.05, 4.69) is 5.32 Å². The second-order valence-electron chi connectivity index (χ2n) is 3.64. The van der Waals surface area contributed by atoms with Crippen molar-refractivity contribution < 1.29 is 18.1 Å². The lowest BCUT2D eigenvalue weighted by molar-refractivity contribution is -0.388. The minimum atomic E-state index is -4.81. The van der Waals surface area contributed by atoms with Gasteiger partial charge in [-0.2, -0.15) is 13.2 Å². The largest absolute Gasteiger partial charge is 0.423 e. The molecule has 0 saturated carbocycles. The number of hydrogen-bond donors (Lipinski definition) is 1. The van der Waals surface area contributed by atoms with Gasteiger partial charge in [0.25, 0.3) is 5.69 Å². The third-order valence-corrected chi connectivity index (χ3v) is 2.99. The normalized spacial score (nSPS) is 11.7. The molecule has 0 fully saturated rings. The van der Waals surface area contributed by atoms with E-state index in [-0.39, 0.29) is 17.4 Å². The van der Waals surface area contributed by atoms with Crippen molar-refractivity contribution in [1.82, 2.24) is 0 Å². The zero-order valence-corrected chi connectivity index (χ0v) is 10.9. The van der Waals surface area contributed by atoms with Crippen LogP contribution in [0.1, 0.15) is 5.56 Å². The van der Waals surface area contributed by atoms with Crippen LogP contribution in [0.5, 0.6) is 0 Å². The van der Waals surface area contributed by atoms with Crippen molar-refractivity contribution in [3.05, 3.63) is 33.9 Å². The van der Waals surface area contributed by atoms with Crippen molar-refractivity contribution in [1.29, 1.82) is 0 Å². The molecule has 1 N–H and O–H groups in total. The van der Waals surface area contributed by atoms with Crippen LogP contribution >= 0.6 is 23.2 Å². The first-order chi connectivity index (χ1) is 8.79. The van der Waals surface area contributed by atoms with Gasteiger partial charge in [0.1, 0.15) is 5.56 Å². The summed E-state index contributed by atoms with van der Waals surface area (Å²) in [6.07, 6.45) is -4.81. The molecule has 0 spiro atoms. The fourth-order valence-electron chi connectivity index (χ4n) is 1.37. The van der Waals surface area contributed by atoms with Crippen LogP contribution in [0.3, 0.4) is 0 Å². The van der Waals surface area contributed by atoms with Gasteiger partial charge in [0, 0.05) is 23.5 Å². The van der Waals surface area contributed by atoms with Gasteiger partial charge in [-0.1, -0.05) is 0 Å². The molecule has 0 amide bonds. The van der Waals surface area contributed by atoms with Crippen LogP contribution in [0.2, 0.25) is 0 Å². The Morgan fingerprint density at radius 3 is 2.32 bits per heavy atom.